The van der Waals surface area contributed by atoms with Gasteiger partial charge in [0.25, 0.3) is 5.91 Å². The monoisotopic (exact) mass is 499 g/mol. The maximum atomic E-state index is 12.8. The first kappa shape index (κ1) is 25.5. The SMILES string of the molecule is CN(C)C(=O)c1ccc(Oc2ccc(Nc3ccc(C(F)(F)F)cn3)cc2CC2CCOCC2)cc1. The fraction of sp³-hybridized carbons (Fsp3) is 0.333. The Morgan fingerprint density at radius 2 is 1.81 bits per heavy atom. The molecule has 2 aromatic carbocycles. The molecule has 0 atom stereocenters. The Balaban J connectivity index is 1.55. The number of ether oxygens (including phenoxy) is 2. The Morgan fingerprint density at radius 1 is 1.08 bits per heavy atom. The lowest BCUT2D eigenvalue weighted by atomic mass is 9.92. The third-order valence-electron chi connectivity index (χ3n) is 6.01. The molecule has 9 heteroatoms. The normalized spacial score (nSPS) is 14.4. The van der Waals surface area contributed by atoms with Crippen LogP contribution in [0.1, 0.15) is 34.3 Å². The molecule has 3 aromatic rings. The summed E-state index contributed by atoms with van der Waals surface area (Å²) in [5, 5.41) is 3.08. The lowest BCUT2D eigenvalue weighted by Crippen LogP contribution is -2.21. The number of anilines is 2. The zero-order valence-corrected chi connectivity index (χ0v) is 20.1. The molecule has 0 bridgehead atoms. The number of nitrogens with zero attached hydrogens (tertiary/aromatic N) is 2. The van der Waals surface area contributed by atoms with Gasteiger partial charge in [0.1, 0.15) is 17.3 Å². The summed E-state index contributed by atoms with van der Waals surface area (Å²) in [6, 6.07) is 14.8. The molecule has 6 nitrogen and oxygen atoms in total. The number of rotatable bonds is 7. The first-order valence-corrected chi connectivity index (χ1v) is 11.7. The van der Waals surface area contributed by atoms with Gasteiger partial charge in [-0.15, -0.1) is 0 Å². The van der Waals surface area contributed by atoms with Crippen molar-refractivity contribution in [1.29, 1.82) is 0 Å². The van der Waals surface area contributed by atoms with Gasteiger partial charge in [0.05, 0.1) is 5.56 Å². The lowest BCUT2D eigenvalue weighted by molar-refractivity contribution is -0.137. The van der Waals surface area contributed by atoms with E-state index in [1.165, 1.54) is 11.0 Å². The Kier molecular flexibility index (Phi) is 7.79. The molecule has 1 aliphatic heterocycles. The Hall–Kier alpha value is -3.59. The van der Waals surface area contributed by atoms with Crippen LogP contribution in [0, 0.1) is 5.92 Å². The van der Waals surface area contributed by atoms with Crippen molar-refractivity contribution in [3.8, 4) is 11.5 Å². The van der Waals surface area contributed by atoms with Gasteiger partial charge in [0.15, 0.2) is 0 Å². The van der Waals surface area contributed by atoms with Crippen molar-refractivity contribution in [2.24, 2.45) is 5.92 Å². The summed E-state index contributed by atoms with van der Waals surface area (Å²) < 4.78 is 50.2. The van der Waals surface area contributed by atoms with Gasteiger partial charge in [-0.05, 0) is 85.3 Å². The number of alkyl halides is 3. The smallest absolute Gasteiger partial charge is 0.417 e. The van der Waals surface area contributed by atoms with Crippen LogP contribution in [0.5, 0.6) is 11.5 Å². The van der Waals surface area contributed by atoms with Gasteiger partial charge in [0, 0.05) is 44.8 Å². The third-order valence-corrected chi connectivity index (χ3v) is 6.01. The van der Waals surface area contributed by atoms with E-state index in [9.17, 15) is 18.0 Å². The van der Waals surface area contributed by atoms with E-state index in [-0.39, 0.29) is 5.91 Å². The standard InChI is InChI=1S/C27H28F3N3O3/c1-33(2)26(34)19-3-7-23(8-4-19)36-24-9-6-22(16-20(24)15-18-11-13-35-14-12-18)32-25-10-5-21(17-31-25)27(28,29)30/h3-10,16-18H,11-15H2,1-2H3,(H,31,32). The average molecular weight is 500 g/mol. The zero-order valence-electron chi connectivity index (χ0n) is 20.1. The summed E-state index contributed by atoms with van der Waals surface area (Å²) in [4.78, 5) is 17.6. The molecule has 0 aliphatic carbocycles. The number of nitrogens with one attached hydrogen (secondary N) is 1. The van der Waals surface area contributed by atoms with Gasteiger partial charge in [0.2, 0.25) is 0 Å². The highest BCUT2D eigenvalue weighted by molar-refractivity contribution is 5.93. The number of aromatic nitrogens is 1. The minimum absolute atomic E-state index is 0.0888. The molecule has 1 N–H and O–H groups in total. The molecule has 0 radical (unpaired) electrons. The number of carbonyl (C=O) groups is 1. The average Bonchev–Trinajstić information content (AvgIpc) is 2.86. The van der Waals surface area contributed by atoms with Crippen LogP contribution in [0.15, 0.2) is 60.8 Å². The summed E-state index contributed by atoms with van der Waals surface area (Å²) in [5.74, 6) is 1.94. The minimum Gasteiger partial charge on any atom is -0.457 e. The molecule has 1 fully saturated rings. The van der Waals surface area contributed by atoms with E-state index in [0.29, 0.717) is 34.5 Å². The molecule has 190 valence electrons. The fourth-order valence-corrected chi connectivity index (χ4v) is 4.01. The summed E-state index contributed by atoms with van der Waals surface area (Å²) in [6.45, 7) is 1.44. The van der Waals surface area contributed by atoms with E-state index in [1.807, 2.05) is 12.1 Å². The van der Waals surface area contributed by atoms with Crippen molar-refractivity contribution in [2.75, 3.05) is 32.6 Å². The van der Waals surface area contributed by atoms with Crippen molar-refractivity contribution in [3.05, 3.63) is 77.5 Å². The molecule has 1 aliphatic rings. The van der Waals surface area contributed by atoms with Gasteiger partial charge in [-0.3, -0.25) is 4.79 Å². The maximum Gasteiger partial charge on any atom is 0.417 e. The summed E-state index contributed by atoms with van der Waals surface area (Å²) in [6.07, 6.45) is -0.962. The highest BCUT2D eigenvalue weighted by Gasteiger charge is 2.30. The second-order valence-electron chi connectivity index (χ2n) is 8.96. The number of hydrogen-bond donors (Lipinski definition) is 1. The second-order valence-corrected chi connectivity index (χ2v) is 8.96. The Morgan fingerprint density at radius 3 is 2.42 bits per heavy atom. The van der Waals surface area contributed by atoms with E-state index in [0.717, 1.165) is 50.3 Å². The van der Waals surface area contributed by atoms with Crippen molar-refractivity contribution >= 4 is 17.4 Å². The molecule has 0 saturated carbocycles. The Labute approximate surface area is 208 Å². The first-order chi connectivity index (χ1) is 17.2. The van der Waals surface area contributed by atoms with E-state index in [2.05, 4.69) is 10.3 Å². The van der Waals surface area contributed by atoms with Crippen LogP contribution < -0.4 is 10.1 Å². The lowest BCUT2D eigenvalue weighted by Gasteiger charge is -2.23. The van der Waals surface area contributed by atoms with E-state index in [1.54, 1.807) is 44.4 Å². The molecular weight excluding hydrogens is 471 g/mol. The van der Waals surface area contributed by atoms with Crippen LogP contribution in [-0.4, -0.2) is 43.1 Å². The third kappa shape index (κ3) is 6.54. The minimum atomic E-state index is -4.43. The van der Waals surface area contributed by atoms with E-state index in [4.69, 9.17) is 9.47 Å². The van der Waals surface area contributed by atoms with Crippen molar-refractivity contribution in [3.63, 3.8) is 0 Å². The highest BCUT2D eigenvalue weighted by Crippen LogP contribution is 2.33. The topological polar surface area (TPSA) is 63.7 Å². The predicted octanol–water partition coefficient (Wildman–Crippen LogP) is 6.31. The van der Waals surface area contributed by atoms with Crippen molar-refractivity contribution < 1.29 is 27.4 Å². The summed E-state index contributed by atoms with van der Waals surface area (Å²) in [7, 11) is 3.40. The first-order valence-electron chi connectivity index (χ1n) is 11.7. The number of carbonyl (C=O) groups excluding carboxylic acids is 1. The largest absolute Gasteiger partial charge is 0.457 e. The molecular formula is C27H28F3N3O3. The molecule has 2 heterocycles. The summed E-state index contributed by atoms with van der Waals surface area (Å²) in [5.41, 5.74) is 1.43. The van der Waals surface area contributed by atoms with Gasteiger partial charge < -0.3 is 19.7 Å². The maximum absolute atomic E-state index is 12.8. The van der Waals surface area contributed by atoms with Crippen LogP contribution in [0.25, 0.3) is 0 Å². The van der Waals surface area contributed by atoms with Crippen LogP contribution in [-0.2, 0) is 17.3 Å². The van der Waals surface area contributed by atoms with Crippen molar-refractivity contribution in [2.45, 2.75) is 25.4 Å². The molecule has 1 aromatic heterocycles. The van der Waals surface area contributed by atoms with Gasteiger partial charge >= 0.3 is 6.18 Å². The number of amides is 1. The second kappa shape index (κ2) is 11.0. The zero-order chi connectivity index (χ0) is 25.7. The highest BCUT2D eigenvalue weighted by atomic mass is 19.4. The Bertz CT molecular complexity index is 1170. The van der Waals surface area contributed by atoms with Crippen molar-refractivity contribution in [1.82, 2.24) is 9.88 Å². The number of halogens is 3. The predicted molar refractivity (Wildman–Crippen MR) is 131 cm³/mol. The summed E-state index contributed by atoms with van der Waals surface area (Å²) >= 11 is 0. The van der Waals surface area contributed by atoms with Crippen LogP contribution in [0.2, 0.25) is 0 Å². The fourth-order valence-electron chi connectivity index (χ4n) is 4.01. The van der Waals surface area contributed by atoms with Gasteiger partial charge in [-0.2, -0.15) is 13.2 Å². The molecule has 0 unspecified atom stereocenters. The number of hydrogen-bond acceptors (Lipinski definition) is 5. The van der Waals surface area contributed by atoms with E-state index >= 15 is 0 Å². The quantitative estimate of drug-likeness (QED) is 0.413. The molecule has 0 spiro atoms. The molecule has 36 heavy (non-hydrogen) atoms. The van der Waals surface area contributed by atoms with Crippen LogP contribution >= 0.6 is 0 Å². The van der Waals surface area contributed by atoms with Crippen LogP contribution in [0.4, 0.5) is 24.7 Å². The number of benzene rings is 2. The molecule has 1 saturated heterocycles. The number of pyridine rings is 1. The van der Waals surface area contributed by atoms with E-state index < -0.39 is 11.7 Å². The van der Waals surface area contributed by atoms with Gasteiger partial charge in [-0.25, -0.2) is 4.98 Å². The van der Waals surface area contributed by atoms with Crippen LogP contribution in [0.3, 0.4) is 0 Å². The molecule has 4 rings (SSSR count). The van der Waals surface area contributed by atoms with Gasteiger partial charge in [-0.1, -0.05) is 0 Å². The molecule has 1 amide bonds.